The second kappa shape index (κ2) is 7.66. The van der Waals surface area contributed by atoms with Crippen LogP contribution in [-0.4, -0.2) is 28.1 Å². The smallest absolute Gasteiger partial charge is 0.119 e. The van der Waals surface area contributed by atoms with Gasteiger partial charge < -0.3 is 15.2 Å². The van der Waals surface area contributed by atoms with Crippen LogP contribution < -0.4 is 10.1 Å². The third-order valence-corrected chi connectivity index (χ3v) is 3.72. The van der Waals surface area contributed by atoms with E-state index >= 15 is 0 Å². The summed E-state index contributed by atoms with van der Waals surface area (Å²) in [7, 11) is 0. The summed E-state index contributed by atoms with van der Waals surface area (Å²) in [6.45, 7) is 3.05. The van der Waals surface area contributed by atoms with Crippen molar-refractivity contribution in [2.75, 3.05) is 18.5 Å². The van der Waals surface area contributed by atoms with E-state index in [1.54, 1.807) is 0 Å². The van der Waals surface area contributed by atoms with Crippen LogP contribution in [0.3, 0.4) is 0 Å². The number of aliphatic hydroxyl groups excluding tert-OH is 1. The van der Waals surface area contributed by atoms with E-state index in [2.05, 4.69) is 16.6 Å². The summed E-state index contributed by atoms with van der Waals surface area (Å²) < 4.78 is 7.25. The van der Waals surface area contributed by atoms with E-state index in [4.69, 9.17) is 9.84 Å². The maximum atomic E-state index is 8.76. The molecule has 0 aliphatic carbocycles. The second-order valence-corrected chi connectivity index (χ2v) is 5.47. The highest BCUT2D eigenvalue weighted by Crippen LogP contribution is 2.18. The van der Waals surface area contributed by atoms with Gasteiger partial charge in [-0.05, 0) is 43.3 Å². The minimum atomic E-state index is 0.0185. The molecule has 3 rings (SSSR count). The number of aryl methyl sites for hydroxylation is 1. The van der Waals surface area contributed by atoms with Crippen LogP contribution in [0.4, 0.5) is 5.69 Å². The maximum absolute atomic E-state index is 8.76. The van der Waals surface area contributed by atoms with Gasteiger partial charge in [0.25, 0.3) is 0 Å². The Balaban J connectivity index is 1.63. The van der Waals surface area contributed by atoms with Crippen LogP contribution in [0.1, 0.15) is 11.3 Å². The van der Waals surface area contributed by atoms with Gasteiger partial charge in [-0.1, -0.05) is 18.2 Å². The van der Waals surface area contributed by atoms with Crippen molar-refractivity contribution in [3.63, 3.8) is 0 Å². The lowest BCUT2D eigenvalue weighted by Gasteiger charge is -2.08. The Bertz CT molecular complexity index is 767. The van der Waals surface area contributed by atoms with Crippen LogP contribution in [0.25, 0.3) is 5.69 Å². The zero-order valence-corrected chi connectivity index (χ0v) is 13.6. The molecule has 24 heavy (non-hydrogen) atoms. The summed E-state index contributed by atoms with van der Waals surface area (Å²) in [6.07, 6.45) is 2.05. The molecular weight excluding hydrogens is 302 g/mol. The molecule has 1 aromatic heterocycles. The monoisotopic (exact) mass is 323 g/mol. The molecule has 5 heteroatoms. The molecule has 0 fully saturated rings. The lowest BCUT2D eigenvalue weighted by Crippen LogP contribution is -2.02. The SMILES string of the molecule is Cc1nn(-c2ccccc2)cc1CNc1ccc(OCCO)cc1. The highest BCUT2D eigenvalue weighted by atomic mass is 16.5. The van der Waals surface area contributed by atoms with E-state index in [1.165, 1.54) is 0 Å². The Morgan fingerprint density at radius 3 is 2.54 bits per heavy atom. The van der Waals surface area contributed by atoms with Gasteiger partial charge in [-0.3, -0.25) is 0 Å². The number of rotatable bonds is 7. The number of hydrogen-bond acceptors (Lipinski definition) is 4. The zero-order chi connectivity index (χ0) is 16.8. The van der Waals surface area contributed by atoms with Crippen molar-refractivity contribution in [1.29, 1.82) is 0 Å². The number of anilines is 1. The van der Waals surface area contributed by atoms with Gasteiger partial charge in [0.05, 0.1) is 18.0 Å². The van der Waals surface area contributed by atoms with Gasteiger partial charge in [0.1, 0.15) is 12.4 Å². The highest BCUT2D eigenvalue weighted by Gasteiger charge is 2.06. The molecule has 0 bridgehead atoms. The summed E-state index contributed by atoms with van der Waals surface area (Å²) in [5, 5.41) is 16.7. The predicted octanol–water partition coefficient (Wildman–Crippen LogP) is 3.16. The van der Waals surface area contributed by atoms with Crippen molar-refractivity contribution in [3.05, 3.63) is 72.1 Å². The first-order chi connectivity index (χ1) is 11.8. The average Bonchev–Trinajstić information content (AvgIpc) is 3.01. The molecule has 3 aromatic rings. The van der Waals surface area contributed by atoms with Gasteiger partial charge in [0.15, 0.2) is 0 Å². The molecule has 0 aliphatic rings. The van der Waals surface area contributed by atoms with E-state index in [9.17, 15) is 0 Å². The predicted molar refractivity (Wildman–Crippen MR) is 94.7 cm³/mol. The fourth-order valence-corrected chi connectivity index (χ4v) is 2.41. The van der Waals surface area contributed by atoms with Gasteiger partial charge in [0, 0.05) is 24.0 Å². The zero-order valence-electron chi connectivity index (χ0n) is 13.6. The molecule has 0 saturated carbocycles. The molecule has 0 radical (unpaired) electrons. The normalized spacial score (nSPS) is 10.6. The van der Waals surface area contributed by atoms with Gasteiger partial charge in [-0.25, -0.2) is 4.68 Å². The van der Waals surface area contributed by atoms with Crippen molar-refractivity contribution in [1.82, 2.24) is 9.78 Å². The van der Waals surface area contributed by atoms with Gasteiger partial charge in [0.2, 0.25) is 0 Å². The molecule has 0 atom stereocenters. The molecule has 0 saturated heterocycles. The van der Waals surface area contributed by atoms with Crippen LogP contribution in [0.5, 0.6) is 5.75 Å². The summed E-state index contributed by atoms with van der Waals surface area (Å²) in [6, 6.07) is 17.8. The lowest BCUT2D eigenvalue weighted by atomic mass is 10.2. The quantitative estimate of drug-likeness (QED) is 0.701. The highest BCUT2D eigenvalue weighted by molar-refractivity contribution is 5.47. The molecule has 0 aliphatic heterocycles. The Morgan fingerprint density at radius 1 is 1.08 bits per heavy atom. The van der Waals surface area contributed by atoms with Crippen LogP contribution in [0.15, 0.2) is 60.8 Å². The third kappa shape index (κ3) is 3.94. The maximum Gasteiger partial charge on any atom is 0.119 e. The van der Waals surface area contributed by atoms with E-state index in [0.29, 0.717) is 13.2 Å². The Hall–Kier alpha value is -2.79. The number of benzene rings is 2. The summed E-state index contributed by atoms with van der Waals surface area (Å²) >= 11 is 0. The van der Waals surface area contributed by atoms with Crippen molar-refractivity contribution in [2.45, 2.75) is 13.5 Å². The fourth-order valence-electron chi connectivity index (χ4n) is 2.41. The second-order valence-electron chi connectivity index (χ2n) is 5.47. The first-order valence-corrected chi connectivity index (χ1v) is 7.94. The van der Waals surface area contributed by atoms with E-state index in [-0.39, 0.29) is 6.61 Å². The van der Waals surface area contributed by atoms with Crippen LogP contribution in [0, 0.1) is 6.92 Å². The Kier molecular flexibility index (Phi) is 5.13. The number of hydrogen-bond donors (Lipinski definition) is 2. The molecule has 0 amide bonds. The topological polar surface area (TPSA) is 59.3 Å². The van der Waals surface area contributed by atoms with Gasteiger partial charge >= 0.3 is 0 Å². The Labute approximate surface area is 141 Å². The molecule has 0 spiro atoms. The summed E-state index contributed by atoms with van der Waals surface area (Å²) in [5.41, 5.74) is 4.23. The summed E-state index contributed by atoms with van der Waals surface area (Å²) in [5.74, 6) is 0.752. The minimum absolute atomic E-state index is 0.0185. The Morgan fingerprint density at radius 2 is 1.83 bits per heavy atom. The number of para-hydroxylation sites is 1. The molecule has 124 valence electrons. The molecular formula is C19H21N3O2. The van der Waals surface area contributed by atoms with Crippen LogP contribution in [-0.2, 0) is 6.54 Å². The number of ether oxygens (including phenoxy) is 1. The van der Waals surface area contributed by atoms with E-state index < -0.39 is 0 Å². The largest absolute Gasteiger partial charge is 0.491 e. The first-order valence-electron chi connectivity index (χ1n) is 7.94. The molecule has 0 unspecified atom stereocenters. The van der Waals surface area contributed by atoms with Gasteiger partial charge in [-0.2, -0.15) is 5.10 Å². The van der Waals surface area contributed by atoms with Crippen molar-refractivity contribution < 1.29 is 9.84 Å². The number of aromatic nitrogens is 2. The van der Waals surface area contributed by atoms with E-state index in [0.717, 1.165) is 28.4 Å². The van der Waals surface area contributed by atoms with Crippen LogP contribution in [0.2, 0.25) is 0 Å². The fraction of sp³-hybridized carbons (Fsp3) is 0.211. The summed E-state index contributed by atoms with van der Waals surface area (Å²) in [4.78, 5) is 0. The molecule has 2 N–H and O–H groups in total. The molecule has 5 nitrogen and oxygen atoms in total. The average molecular weight is 323 g/mol. The van der Waals surface area contributed by atoms with E-state index in [1.807, 2.05) is 66.2 Å². The van der Waals surface area contributed by atoms with Crippen LogP contribution >= 0.6 is 0 Å². The molecule has 2 aromatic carbocycles. The molecule has 1 heterocycles. The van der Waals surface area contributed by atoms with Crippen molar-refractivity contribution in [2.24, 2.45) is 0 Å². The standard InChI is InChI=1S/C19H21N3O2/c1-15-16(14-22(21-15)18-5-3-2-4-6-18)13-20-17-7-9-19(10-8-17)24-12-11-23/h2-10,14,20,23H,11-13H2,1H3. The minimum Gasteiger partial charge on any atom is -0.491 e. The third-order valence-electron chi connectivity index (χ3n) is 3.72. The first kappa shape index (κ1) is 16.1. The van der Waals surface area contributed by atoms with Gasteiger partial charge in [-0.15, -0.1) is 0 Å². The number of nitrogens with zero attached hydrogens (tertiary/aromatic N) is 2. The lowest BCUT2D eigenvalue weighted by molar-refractivity contribution is 0.201. The number of nitrogens with one attached hydrogen (secondary N) is 1. The van der Waals surface area contributed by atoms with Crippen molar-refractivity contribution in [3.8, 4) is 11.4 Å². The van der Waals surface area contributed by atoms with Crippen molar-refractivity contribution >= 4 is 5.69 Å². The number of aliphatic hydroxyl groups is 1.